The normalized spacial score (nSPS) is 47.4. The summed E-state index contributed by atoms with van der Waals surface area (Å²) in [7, 11) is -1.82. The predicted molar refractivity (Wildman–Crippen MR) is 46.5 cm³/mol. The molecule has 0 aromatic heterocycles. The second kappa shape index (κ2) is 1.86. The van der Waals surface area contributed by atoms with Gasteiger partial charge in [0.25, 0.3) is 0 Å². The van der Waals surface area contributed by atoms with Crippen LogP contribution in [0.2, 0.25) is 16.1 Å². The lowest BCUT2D eigenvalue weighted by atomic mass is 10.2. The lowest BCUT2D eigenvalue weighted by molar-refractivity contribution is 0.499. The van der Waals surface area contributed by atoms with Gasteiger partial charge in [0.1, 0.15) is 0 Å². The molecule has 1 rings (SSSR count). The fraction of sp³-hybridized carbons (Fsp3) is 1.00. The van der Waals surface area contributed by atoms with E-state index < -0.39 is 8.32 Å². The zero-order valence-electron chi connectivity index (χ0n) is 7.60. The predicted octanol–water partition coefficient (Wildman–Crippen LogP) is 2.52. The average molecular weight is 158 g/mol. The Balaban J connectivity index is 2.75. The van der Waals surface area contributed by atoms with Crippen molar-refractivity contribution in [2.75, 3.05) is 0 Å². The molecule has 0 spiro atoms. The molecule has 1 N–H and O–H groups in total. The van der Waals surface area contributed by atoms with E-state index in [1.807, 2.05) is 0 Å². The second-order valence-corrected chi connectivity index (χ2v) is 9.62. The SMILES string of the molecule is CC1C(C)[Si]1(O)C(C)(C)C. The van der Waals surface area contributed by atoms with Crippen LogP contribution in [0.15, 0.2) is 0 Å². The monoisotopic (exact) mass is 158 g/mol. The van der Waals surface area contributed by atoms with Crippen LogP contribution in [0.25, 0.3) is 0 Å². The first kappa shape index (κ1) is 8.28. The van der Waals surface area contributed by atoms with E-state index in [1.165, 1.54) is 0 Å². The highest BCUT2D eigenvalue weighted by atomic mass is 28.4. The minimum absolute atomic E-state index is 0.186. The summed E-state index contributed by atoms with van der Waals surface area (Å²) in [6.07, 6.45) is 0. The van der Waals surface area contributed by atoms with Crippen LogP contribution in [0.1, 0.15) is 34.6 Å². The molecule has 1 aliphatic rings. The van der Waals surface area contributed by atoms with Gasteiger partial charge >= 0.3 is 0 Å². The summed E-state index contributed by atoms with van der Waals surface area (Å²) in [6, 6.07) is 0. The molecule has 1 fully saturated rings. The number of hydrogen-bond donors (Lipinski definition) is 1. The molecule has 10 heavy (non-hydrogen) atoms. The van der Waals surface area contributed by atoms with Gasteiger partial charge in [-0.3, -0.25) is 0 Å². The van der Waals surface area contributed by atoms with Crippen LogP contribution in [-0.4, -0.2) is 13.1 Å². The quantitative estimate of drug-likeness (QED) is 0.537. The summed E-state index contributed by atoms with van der Waals surface area (Å²) < 4.78 is 0. The van der Waals surface area contributed by atoms with E-state index in [0.717, 1.165) is 0 Å². The Kier molecular flexibility index (Phi) is 1.54. The van der Waals surface area contributed by atoms with E-state index in [0.29, 0.717) is 11.1 Å². The maximum Gasteiger partial charge on any atom is 0.199 e. The molecule has 2 heteroatoms. The van der Waals surface area contributed by atoms with Gasteiger partial charge in [-0.15, -0.1) is 0 Å². The Labute approximate surface area is 64.6 Å². The summed E-state index contributed by atoms with van der Waals surface area (Å²) >= 11 is 0. The zero-order valence-corrected chi connectivity index (χ0v) is 8.60. The third-order valence-electron chi connectivity index (χ3n) is 3.23. The van der Waals surface area contributed by atoms with E-state index in [-0.39, 0.29) is 5.04 Å². The molecule has 60 valence electrons. The van der Waals surface area contributed by atoms with Crippen molar-refractivity contribution >= 4 is 8.32 Å². The molecular weight excluding hydrogens is 140 g/mol. The van der Waals surface area contributed by atoms with Crippen molar-refractivity contribution in [3.63, 3.8) is 0 Å². The van der Waals surface area contributed by atoms with Gasteiger partial charge in [-0.05, 0) is 16.1 Å². The van der Waals surface area contributed by atoms with Crippen LogP contribution in [0.5, 0.6) is 0 Å². The van der Waals surface area contributed by atoms with E-state index >= 15 is 0 Å². The van der Waals surface area contributed by atoms with Gasteiger partial charge in [-0.2, -0.15) is 0 Å². The zero-order chi connectivity index (χ0) is 8.15. The van der Waals surface area contributed by atoms with Crippen LogP contribution < -0.4 is 0 Å². The summed E-state index contributed by atoms with van der Waals surface area (Å²) in [5.74, 6) is 0. The number of rotatable bonds is 0. The maximum absolute atomic E-state index is 10.1. The minimum atomic E-state index is -1.82. The molecule has 2 unspecified atom stereocenters. The highest BCUT2D eigenvalue weighted by Gasteiger charge is 2.67. The third kappa shape index (κ3) is 0.784. The van der Waals surface area contributed by atoms with Crippen molar-refractivity contribution in [3.8, 4) is 0 Å². The minimum Gasteiger partial charge on any atom is -0.431 e. The van der Waals surface area contributed by atoms with E-state index in [4.69, 9.17) is 0 Å². The Morgan fingerprint density at radius 3 is 1.40 bits per heavy atom. The highest BCUT2D eigenvalue weighted by Crippen LogP contribution is 2.67. The van der Waals surface area contributed by atoms with E-state index in [1.54, 1.807) is 0 Å². The first-order valence-electron chi connectivity index (χ1n) is 4.04. The van der Waals surface area contributed by atoms with Crippen LogP contribution >= 0.6 is 0 Å². The first-order valence-corrected chi connectivity index (χ1v) is 6.14. The molecule has 1 nitrogen and oxygen atoms in total. The molecule has 0 aromatic rings. The molecule has 0 saturated carbocycles. The van der Waals surface area contributed by atoms with Crippen molar-refractivity contribution in [1.82, 2.24) is 0 Å². The summed E-state index contributed by atoms with van der Waals surface area (Å²) in [5, 5.41) is 0.186. The lowest BCUT2D eigenvalue weighted by Crippen LogP contribution is -2.30. The van der Waals surface area contributed by atoms with Crippen molar-refractivity contribution in [1.29, 1.82) is 0 Å². The molecule has 1 saturated heterocycles. The molecule has 2 atom stereocenters. The summed E-state index contributed by atoms with van der Waals surface area (Å²) in [5.41, 5.74) is 1.24. The molecule has 0 bridgehead atoms. The van der Waals surface area contributed by atoms with Gasteiger partial charge in [0.05, 0.1) is 0 Å². The third-order valence-corrected chi connectivity index (χ3v) is 9.03. The smallest absolute Gasteiger partial charge is 0.199 e. The molecule has 1 aliphatic heterocycles. The van der Waals surface area contributed by atoms with Gasteiger partial charge in [-0.25, -0.2) is 0 Å². The molecule has 0 aliphatic carbocycles. The van der Waals surface area contributed by atoms with Crippen LogP contribution in [0.3, 0.4) is 0 Å². The molecule has 0 amide bonds. The summed E-state index contributed by atoms with van der Waals surface area (Å²) in [4.78, 5) is 10.1. The fourth-order valence-electron chi connectivity index (χ4n) is 2.12. The Morgan fingerprint density at radius 2 is 1.40 bits per heavy atom. The summed E-state index contributed by atoms with van der Waals surface area (Å²) in [6.45, 7) is 10.9. The topological polar surface area (TPSA) is 20.2 Å². The van der Waals surface area contributed by atoms with Crippen molar-refractivity contribution in [2.45, 2.75) is 50.7 Å². The second-order valence-electron chi connectivity index (χ2n) is 4.65. The first-order chi connectivity index (χ1) is 4.32. The highest BCUT2D eigenvalue weighted by molar-refractivity contribution is 6.88. The van der Waals surface area contributed by atoms with Gasteiger partial charge in [0, 0.05) is 0 Å². The van der Waals surface area contributed by atoms with Gasteiger partial charge < -0.3 is 4.80 Å². The van der Waals surface area contributed by atoms with Crippen LogP contribution in [0, 0.1) is 0 Å². The Hall–Kier alpha value is 0.177. The van der Waals surface area contributed by atoms with Crippen molar-refractivity contribution in [2.24, 2.45) is 0 Å². The van der Waals surface area contributed by atoms with E-state index in [2.05, 4.69) is 34.6 Å². The van der Waals surface area contributed by atoms with E-state index in [9.17, 15) is 4.80 Å². The Bertz CT molecular complexity index is 140. The number of hydrogen-bond acceptors (Lipinski definition) is 1. The maximum atomic E-state index is 10.1. The van der Waals surface area contributed by atoms with Gasteiger partial charge in [-0.1, -0.05) is 34.6 Å². The van der Waals surface area contributed by atoms with Crippen molar-refractivity contribution in [3.05, 3.63) is 0 Å². The van der Waals surface area contributed by atoms with Crippen LogP contribution in [-0.2, 0) is 0 Å². The largest absolute Gasteiger partial charge is 0.431 e. The molecule has 0 radical (unpaired) electrons. The molecule has 0 aromatic carbocycles. The van der Waals surface area contributed by atoms with Crippen LogP contribution in [0.4, 0.5) is 0 Å². The fourth-order valence-corrected chi connectivity index (χ4v) is 6.83. The van der Waals surface area contributed by atoms with Gasteiger partial charge in [0.15, 0.2) is 8.32 Å². The van der Waals surface area contributed by atoms with Gasteiger partial charge in [0.2, 0.25) is 0 Å². The standard InChI is InChI=1S/C8H18OSi/c1-6-7(2)10(6,9)8(3,4)5/h6-7,9H,1-5H3. The molecule has 1 heterocycles. The average Bonchev–Trinajstić information content (AvgIpc) is 2.19. The van der Waals surface area contributed by atoms with Crippen molar-refractivity contribution < 1.29 is 4.80 Å². The Morgan fingerprint density at radius 1 is 1.10 bits per heavy atom. The lowest BCUT2D eigenvalue weighted by Gasteiger charge is -2.24. The molecular formula is C8H18OSi.